The molecule has 0 saturated heterocycles. The lowest BCUT2D eigenvalue weighted by Crippen LogP contribution is -2.14. The third-order valence-electron chi connectivity index (χ3n) is 2.00. The van der Waals surface area contributed by atoms with Gasteiger partial charge in [-0.15, -0.1) is 0 Å². The summed E-state index contributed by atoms with van der Waals surface area (Å²) in [7, 11) is 1.86. The summed E-state index contributed by atoms with van der Waals surface area (Å²) in [6.45, 7) is 5.95. The topological polar surface area (TPSA) is 29.9 Å². The van der Waals surface area contributed by atoms with Gasteiger partial charge in [0.25, 0.3) is 0 Å². The van der Waals surface area contributed by atoms with Crippen molar-refractivity contribution >= 4 is 11.6 Å². The number of hydrogen-bond donors (Lipinski definition) is 1. The Balaban J connectivity index is 2.64. The van der Waals surface area contributed by atoms with Crippen molar-refractivity contribution in [3.63, 3.8) is 0 Å². The zero-order valence-electron chi connectivity index (χ0n) is 8.39. The number of hydrogen-bond acceptors (Lipinski definition) is 2. The van der Waals surface area contributed by atoms with Crippen LogP contribution in [-0.2, 0) is 13.6 Å². The highest BCUT2D eigenvalue weighted by atomic mass is 35.5. The molecule has 0 fully saturated rings. The smallest absolute Gasteiger partial charge is 0.131 e. The molecule has 0 aromatic carbocycles. The summed E-state index contributed by atoms with van der Waals surface area (Å²) >= 11 is 6.05. The first-order valence-corrected chi connectivity index (χ1v) is 4.93. The molecule has 0 unspecified atom stereocenters. The van der Waals surface area contributed by atoms with E-state index in [0.717, 1.165) is 35.9 Å². The van der Waals surface area contributed by atoms with Crippen LogP contribution in [-0.4, -0.2) is 16.3 Å². The fraction of sp³-hybridized carbons (Fsp3) is 0.667. The molecule has 0 radical (unpaired) electrons. The molecule has 0 amide bonds. The average Bonchev–Trinajstić information content (AvgIpc) is 2.32. The van der Waals surface area contributed by atoms with Crippen LogP contribution in [0.1, 0.15) is 24.6 Å². The molecule has 0 spiro atoms. The molecule has 0 aliphatic heterocycles. The van der Waals surface area contributed by atoms with Crippen molar-refractivity contribution < 1.29 is 0 Å². The molecule has 4 heteroatoms. The van der Waals surface area contributed by atoms with Crippen LogP contribution in [0.2, 0.25) is 5.15 Å². The van der Waals surface area contributed by atoms with Gasteiger partial charge in [0, 0.05) is 19.2 Å². The van der Waals surface area contributed by atoms with Crippen LogP contribution in [0.4, 0.5) is 0 Å². The second-order valence-electron chi connectivity index (χ2n) is 3.16. The van der Waals surface area contributed by atoms with Crippen LogP contribution in [0, 0.1) is 6.92 Å². The molecule has 0 aliphatic rings. The van der Waals surface area contributed by atoms with E-state index in [4.69, 9.17) is 11.6 Å². The van der Waals surface area contributed by atoms with Gasteiger partial charge in [-0.3, -0.25) is 4.68 Å². The van der Waals surface area contributed by atoms with Gasteiger partial charge in [-0.1, -0.05) is 18.5 Å². The molecule has 1 heterocycles. The van der Waals surface area contributed by atoms with Gasteiger partial charge >= 0.3 is 0 Å². The van der Waals surface area contributed by atoms with Gasteiger partial charge < -0.3 is 5.32 Å². The molecular weight excluding hydrogens is 186 g/mol. The van der Waals surface area contributed by atoms with Crippen LogP contribution in [0.15, 0.2) is 0 Å². The van der Waals surface area contributed by atoms with Gasteiger partial charge in [0.1, 0.15) is 5.15 Å². The maximum absolute atomic E-state index is 6.05. The largest absolute Gasteiger partial charge is 0.313 e. The molecule has 1 aromatic rings. The summed E-state index contributed by atoms with van der Waals surface area (Å²) < 4.78 is 1.71. The summed E-state index contributed by atoms with van der Waals surface area (Å²) in [4.78, 5) is 0. The molecule has 1 aromatic heterocycles. The summed E-state index contributed by atoms with van der Waals surface area (Å²) in [5, 5.41) is 8.28. The first-order valence-electron chi connectivity index (χ1n) is 4.55. The molecule has 3 nitrogen and oxygen atoms in total. The van der Waals surface area contributed by atoms with E-state index in [1.165, 1.54) is 0 Å². The van der Waals surface area contributed by atoms with Gasteiger partial charge in [-0.25, -0.2) is 0 Å². The Bertz CT molecular complexity index is 281. The van der Waals surface area contributed by atoms with Gasteiger partial charge in [-0.2, -0.15) is 5.10 Å². The van der Waals surface area contributed by atoms with Gasteiger partial charge in [-0.05, 0) is 19.9 Å². The summed E-state index contributed by atoms with van der Waals surface area (Å²) in [6.07, 6.45) is 1.14. The van der Waals surface area contributed by atoms with Crippen LogP contribution >= 0.6 is 11.6 Å². The second-order valence-corrected chi connectivity index (χ2v) is 3.51. The van der Waals surface area contributed by atoms with Crippen molar-refractivity contribution in [2.45, 2.75) is 26.8 Å². The highest BCUT2D eigenvalue weighted by Gasteiger charge is 2.09. The standard InChI is InChI=1S/C9H16ClN3/c1-4-5-11-6-8-7(2)12-13(3)9(8)10/h11H,4-6H2,1-3H3. The third-order valence-corrected chi connectivity index (χ3v) is 2.47. The maximum Gasteiger partial charge on any atom is 0.131 e. The Kier molecular flexibility index (Phi) is 3.75. The molecule has 0 atom stereocenters. The lowest BCUT2D eigenvalue weighted by atomic mass is 10.2. The van der Waals surface area contributed by atoms with E-state index in [9.17, 15) is 0 Å². The minimum Gasteiger partial charge on any atom is -0.313 e. The minimum absolute atomic E-state index is 0.737. The van der Waals surface area contributed by atoms with Crippen molar-refractivity contribution in [3.05, 3.63) is 16.4 Å². The van der Waals surface area contributed by atoms with Crippen molar-refractivity contribution in [1.29, 1.82) is 0 Å². The molecule has 13 heavy (non-hydrogen) atoms. The quantitative estimate of drug-likeness (QED) is 0.754. The lowest BCUT2D eigenvalue weighted by Gasteiger charge is -2.01. The van der Waals surface area contributed by atoms with Crippen LogP contribution in [0.5, 0.6) is 0 Å². The Morgan fingerprint density at radius 3 is 2.69 bits per heavy atom. The Morgan fingerprint density at radius 2 is 2.23 bits per heavy atom. The second kappa shape index (κ2) is 4.63. The molecular formula is C9H16ClN3. The molecule has 1 N–H and O–H groups in total. The SMILES string of the molecule is CCCNCc1c(C)nn(C)c1Cl. The zero-order valence-corrected chi connectivity index (χ0v) is 9.15. The Morgan fingerprint density at radius 1 is 1.54 bits per heavy atom. The summed E-state index contributed by atoms with van der Waals surface area (Å²) in [6, 6.07) is 0. The number of nitrogens with zero attached hydrogens (tertiary/aromatic N) is 2. The summed E-state index contributed by atoms with van der Waals surface area (Å²) in [5.41, 5.74) is 2.12. The predicted molar refractivity (Wildman–Crippen MR) is 55.0 cm³/mol. The highest BCUT2D eigenvalue weighted by molar-refractivity contribution is 6.30. The van der Waals surface area contributed by atoms with Gasteiger partial charge in [0.05, 0.1) is 5.69 Å². The predicted octanol–water partition coefficient (Wildman–Crippen LogP) is 1.88. The Hall–Kier alpha value is -0.540. The first-order chi connectivity index (χ1) is 6.16. The third kappa shape index (κ3) is 2.45. The van der Waals surface area contributed by atoms with E-state index in [1.54, 1.807) is 4.68 Å². The van der Waals surface area contributed by atoms with E-state index < -0.39 is 0 Å². The first kappa shape index (κ1) is 10.5. The van der Waals surface area contributed by atoms with Gasteiger partial charge in [0.15, 0.2) is 0 Å². The number of aryl methyl sites for hydroxylation is 2. The average molecular weight is 202 g/mol. The van der Waals surface area contributed by atoms with Crippen LogP contribution in [0.3, 0.4) is 0 Å². The normalized spacial score (nSPS) is 10.8. The van der Waals surface area contributed by atoms with Crippen LogP contribution in [0.25, 0.3) is 0 Å². The van der Waals surface area contributed by atoms with E-state index in [0.29, 0.717) is 0 Å². The summed E-state index contributed by atoms with van der Waals surface area (Å²) in [5.74, 6) is 0. The fourth-order valence-electron chi connectivity index (χ4n) is 1.26. The van der Waals surface area contributed by atoms with Crippen molar-refractivity contribution in [3.8, 4) is 0 Å². The van der Waals surface area contributed by atoms with Crippen molar-refractivity contribution in [2.75, 3.05) is 6.54 Å². The molecule has 0 bridgehead atoms. The molecule has 74 valence electrons. The fourth-order valence-corrected chi connectivity index (χ4v) is 1.51. The molecule has 0 aliphatic carbocycles. The monoisotopic (exact) mass is 201 g/mol. The minimum atomic E-state index is 0.737. The van der Waals surface area contributed by atoms with E-state index in [2.05, 4.69) is 17.3 Å². The number of rotatable bonds is 4. The Labute approximate surface area is 84.1 Å². The zero-order chi connectivity index (χ0) is 9.84. The number of aromatic nitrogens is 2. The van der Waals surface area contributed by atoms with E-state index >= 15 is 0 Å². The van der Waals surface area contributed by atoms with Crippen LogP contribution < -0.4 is 5.32 Å². The van der Waals surface area contributed by atoms with Crippen molar-refractivity contribution in [1.82, 2.24) is 15.1 Å². The maximum atomic E-state index is 6.05. The van der Waals surface area contributed by atoms with Crippen molar-refractivity contribution in [2.24, 2.45) is 7.05 Å². The van der Waals surface area contributed by atoms with Gasteiger partial charge in [0.2, 0.25) is 0 Å². The number of halogens is 1. The lowest BCUT2D eigenvalue weighted by molar-refractivity contribution is 0.673. The number of nitrogens with one attached hydrogen (secondary N) is 1. The highest BCUT2D eigenvalue weighted by Crippen LogP contribution is 2.17. The van der Waals surface area contributed by atoms with E-state index in [1.807, 2.05) is 14.0 Å². The molecule has 0 saturated carbocycles. The molecule has 1 rings (SSSR count). The van der Waals surface area contributed by atoms with E-state index in [-0.39, 0.29) is 0 Å².